The molecule has 0 unspecified atom stereocenters. The number of anilines is 1. The molecule has 2 aliphatic rings. The molecule has 1 fully saturated rings. The largest absolute Gasteiger partial charge is 0.514 e. The fourth-order valence-corrected chi connectivity index (χ4v) is 5.48. The number of aliphatic hydroxyl groups excluding tert-OH is 1. The van der Waals surface area contributed by atoms with Crippen LogP contribution in [0.15, 0.2) is 24.3 Å². The number of rotatable bonds is 2. The lowest BCUT2D eigenvalue weighted by atomic mass is 9.65. The van der Waals surface area contributed by atoms with E-state index in [2.05, 4.69) is 0 Å². The van der Waals surface area contributed by atoms with E-state index in [1.807, 2.05) is 0 Å². The van der Waals surface area contributed by atoms with Crippen LogP contribution in [0.4, 0.5) is 20.1 Å². The number of imide groups is 1. The van der Waals surface area contributed by atoms with Gasteiger partial charge in [-0.15, -0.1) is 0 Å². The summed E-state index contributed by atoms with van der Waals surface area (Å²) in [7, 11) is 0. The standard InChI is InChI=1S/C33H39NO11/c1-31(2,3)43-28(39)34(29(40)44-32(4,5)6)24-17-12-10-11-13-18(17)27(42-30(41)45-33(7,8)9)23-22(24)26(38)21-19(25(23)37)14-16(35)15-20(21)36/h10-13,19-21,36H,14-15H2,1-9H3/t19-,20+,21-/m1/s1. The molecule has 1 N–H and O–H groups in total. The van der Waals surface area contributed by atoms with Gasteiger partial charge in [0, 0.05) is 29.5 Å². The first-order valence-corrected chi connectivity index (χ1v) is 14.6. The Morgan fingerprint density at radius 3 is 1.76 bits per heavy atom. The Labute approximate surface area is 260 Å². The highest BCUT2D eigenvalue weighted by Gasteiger charge is 2.53. The summed E-state index contributed by atoms with van der Waals surface area (Å²) in [4.78, 5) is 82.4. The molecule has 0 heterocycles. The van der Waals surface area contributed by atoms with Crippen LogP contribution < -0.4 is 9.64 Å². The normalized spacial score (nSPS) is 20.2. The van der Waals surface area contributed by atoms with Gasteiger partial charge in [0.2, 0.25) is 0 Å². The van der Waals surface area contributed by atoms with Gasteiger partial charge in [-0.25, -0.2) is 14.4 Å². The maximum Gasteiger partial charge on any atom is 0.514 e. The number of amides is 2. The molecule has 45 heavy (non-hydrogen) atoms. The SMILES string of the molecule is CC(C)(C)OC(=O)Oc1c2c(c(N(C(=O)OC(C)(C)C)C(=O)OC(C)(C)C)c3ccccc13)C(=O)[C@H]1[C@@H](O)CC(=O)C[C@H]1C2=O. The first-order valence-electron chi connectivity index (χ1n) is 14.6. The van der Waals surface area contributed by atoms with E-state index in [9.17, 15) is 33.9 Å². The van der Waals surface area contributed by atoms with Gasteiger partial charge in [-0.3, -0.25) is 14.4 Å². The van der Waals surface area contributed by atoms with Gasteiger partial charge in [0.1, 0.15) is 22.6 Å². The average Bonchev–Trinajstić information content (AvgIpc) is 2.84. The fraction of sp³-hybridized carbons (Fsp3) is 0.515. The zero-order valence-corrected chi connectivity index (χ0v) is 26.9. The van der Waals surface area contributed by atoms with E-state index in [0.29, 0.717) is 4.90 Å². The third kappa shape index (κ3) is 7.00. The van der Waals surface area contributed by atoms with Crippen molar-refractivity contribution in [2.24, 2.45) is 11.8 Å². The molecule has 1 saturated carbocycles. The number of benzene rings is 2. The maximum absolute atomic E-state index is 14.4. The number of carbonyl (C=O) groups is 6. The molecule has 0 spiro atoms. The van der Waals surface area contributed by atoms with Crippen molar-refractivity contribution in [3.05, 3.63) is 35.4 Å². The molecular weight excluding hydrogens is 586 g/mol. The second kappa shape index (κ2) is 11.6. The Morgan fingerprint density at radius 2 is 1.24 bits per heavy atom. The number of ether oxygens (including phenoxy) is 4. The summed E-state index contributed by atoms with van der Waals surface area (Å²) in [5.74, 6) is -5.00. The highest BCUT2D eigenvalue weighted by molar-refractivity contribution is 6.29. The highest BCUT2D eigenvalue weighted by Crippen LogP contribution is 2.50. The van der Waals surface area contributed by atoms with Crippen molar-refractivity contribution >= 4 is 52.2 Å². The van der Waals surface area contributed by atoms with Crippen LogP contribution in [0.3, 0.4) is 0 Å². The summed E-state index contributed by atoms with van der Waals surface area (Å²) in [6, 6.07) is 6.08. The third-order valence-electron chi connectivity index (χ3n) is 6.96. The Hall–Kier alpha value is -4.32. The molecule has 2 aliphatic carbocycles. The van der Waals surface area contributed by atoms with Gasteiger partial charge in [-0.2, -0.15) is 4.90 Å². The molecule has 12 heteroatoms. The van der Waals surface area contributed by atoms with E-state index < -0.39 is 81.6 Å². The Morgan fingerprint density at radius 1 is 0.733 bits per heavy atom. The molecule has 2 aromatic rings. The van der Waals surface area contributed by atoms with Crippen LogP contribution in [0.1, 0.15) is 95.9 Å². The van der Waals surface area contributed by atoms with Crippen molar-refractivity contribution in [1.82, 2.24) is 0 Å². The van der Waals surface area contributed by atoms with E-state index >= 15 is 0 Å². The zero-order chi connectivity index (χ0) is 33.8. The van der Waals surface area contributed by atoms with Crippen LogP contribution in [0, 0.1) is 11.8 Å². The smallest absolute Gasteiger partial charge is 0.443 e. The number of hydrogen-bond acceptors (Lipinski definition) is 11. The molecule has 0 saturated heterocycles. The Bertz CT molecular complexity index is 1580. The van der Waals surface area contributed by atoms with Gasteiger partial charge in [-0.1, -0.05) is 24.3 Å². The molecule has 12 nitrogen and oxygen atoms in total. The predicted molar refractivity (Wildman–Crippen MR) is 162 cm³/mol. The minimum absolute atomic E-state index is 0.0625. The fourth-order valence-electron chi connectivity index (χ4n) is 5.48. The Kier molecular flexibility index (Phi) is 8.62. The van der Waals surface area contributed by atoms with Crippen LogP contribution >= 0.6 is 0 Å². The molecule has 2 amide bonds. The summed E-state index contributed by atoms with van der Waals surface area (Å²) in [6.07, 6.45) is -5.78. The second-order valence-corrected chi connectivity index (χ2v) is 14.2. The summed E-state index contributed by atoms with van der Waals surface area (Å²) < 4.78 is 22.1. The minimum atomic E-state index is -1.51. The molecule has 0 bridgehead atoms. The number of ketones is 3. The summed E-state index contributed by atoms with van der Waals surface area (Å²) in [5, 5.41) is 11.0. The lowest BCUT2D eigenvalue weighted by Crippen LogP contribution is -2.50. The van der Waals surface area contributed by atoms with E-state index in [4.69, 9.17) is 18.9 Å². The first-order chi connectivity index (χ1) is 20.6. The van der Waals surface area contributed by atoms with Gasteiger partial charge in [0.15, 0.2) is 17.3 Å². The number of carbonyl (C=O) groups excluding carboxylic acids is 6. The zero-order valence-electron chi connectivity index (χ0n) is 26.9. The van der Waals surface area contributed by atoms with Crippen LogP contribution in [0.5, 0.6) is 5.75 Å². The van der Waals surface area contributed by atoms with E-state index in [0.717, 1.165) is 0 Å². The molecule has 0 aromatic heterocycles. The molecule has 242 valence electrons. The Balaban J connectivity index is 2.13. The van der Waals surface area contributed by atoms with E-state index in [1.165, 1.54) is 12.1 Å². The summed E-state index contributed by atoms with van der Waals surface area (Å²) in [5.41, 5.74) is -4.41. The lowest BCUT2D eigenvalue weighted by Gasteiger charge is -2.39. The molecule has 4 rings (SSSR count). The third-order valence-corrected chi connectivity index (χ3v) is 6.96. The maximum atomic E-state index is 14.4. The minimum Gasteiger partial charge on any atom is -0.443 e. The van der Waals surface area contributed by atoms with Crippen LogP contribution in [0.2, 0.25) is 0 Å². The van der Waals surface area contributed by atoms with Crippen LogP contribution in [0.25, 0.3) is 10.8 Å². The molecular formula is C33H39NO11. The molecule has 2 aromatic carbocycles. The topological polar surface area (TPSA) is 163 Å². The van der Waals surface area contributed by atoms with Crippen molar-refractivity contribution in [3.63, 3.8) is 0 Å². The van der Waals surface area contributed by atoms with Crippen molar-refractivity contribution in [3.8, 4) is 5.75 Å². The van der Waals surface area contributed by atoms with Gasteiger partial charge in [0.25, 0.3) is 0 Å². The molecule has 0 aliphatic heterocycles. The predicted octanol–water partition coefficient (Wildman–Crippen LogP) is 6.17. The molecule has 0 radical (unpaired) electrons. The number of hydrogen-bond donors (Lipinski definition) is 1. The average molecular weight is 626 g/mol. The summed E-state index contributed by atoms with van der Waals surface area (Å²) >= 11 is 0. The molecule has 3 atom stereocenters. The van der Waals surface area contributed by atoms with Crippen molar-refractivity contribution < 1.29 is 52.8 Å². The number of aliphatic hydroxyl groups is 1. The number of nitrogens with zero attached hydrogens (tertiary/aromatic N) is 1. The number of Topliss-reactive ketones (excluding diaryl/α,β-unsaturated/α-hetero) is 3. The summed E-state index contributed by atoms with van der Waals surface area (Å²) in [6.45, 7) is 14.3. The van der Waals surface area contributed by atoms with Crippen LogP contribution in [-0.4, -0.2) is 63.7 Å². The van der Waals surface area contributed by atoms with Gasteiger partial charge in [0.05, 0.1) is 28.8 Å². The monoisotopic (exact) mass is 625 g/mol. The van der Waals surface area contributed by atoms with Gasteiger partial charge < -0.3 is 24.1 Å². The quantitative estimate of drug-likeness (QED) is 0.231. The van der Waals surface area contributed by atoms with Crippen molar-refractivity contribution in [2.45, 2.75) is 98.1 Å². The first kappa shape index (κ1) is 33.6. The van der Waals surface area contributed by atoms with Crippen molar-refractivity contribution in [1.29, 1.82) is 0 Å². The number of fused-ring (bicyclic) bond motifs is 3. The van der Waals surface area contributed by atoms with Gasteiger partial charge >= 0.3 is 18.3 Å². The lowest BCUT2D eigenvalue weighted by molar-refractivity contribution is -0.125. The van der Waals surface area contributed by atoms with Gasteiger partial charge in [-0.05, 0) is 62.3 Å². The van der Waals surface area contributed by atoms with Crippen LogP contribution in [-0.2, 0) is 19.0 Å². The highest BCUT2D eigenvalue weighted by atomic mass is 16.7. The van der Waals surface area contributed by atoms with Crippen molar-refractivity contribution in [2.75, 3.05) is 4.90 Å². The van der Waals surface area contributed by atoms with E-state index in [1.54, 1.807) is 74.4 Å². The second-order valence-electron chi connectivity index (χ2n) is 14.2. The van der Waals surface area contributed by atoms with E-state index in [-0.39, 0.29) is 35.1 Å².